The Bertz CT molecular complexity index is 2350. The lowest BCUT2D eigenvalue weighted by atomic mass is 9.93. The Hall–Kier alpha value is -2.54. The van der Waals surface area contributed by atoms with Gasteiger partial charge in [-0.05, 0) is 13.8 Å². The molecule has 41 nitrogen and oxygen atoms in total. The van der Waals surface area contributed by atoms with Crippen molar-refractivity contribution in [1.82, 2.24) is 10.6 Å². The van der Waals surface area contributed by atoms with Crippen LogP contribution in [0.15, 0.2) is 0 Å². The van der Waals surface area contributed by atoms with E-state index < -0.39 is 297 Å². The Labute approximate surface area is 527 Å². The molecular weight excluding hydrogens is 1280 g/mol. The van der Waals surface area contributed by atoms with Crippen molar-refractivity contribution in [2.75, 3.05) is 39.6 Å². The van der Waals surface area contributed by atoms with Gasteiger partial charge in [-0.15, -0.1) is 0 Å². The molecule has 8 heterocycles. The molecule has 93 heavy (non-hydrogen) atoms. The lowest BCUT2D eigenvalue weighted by Crippen LogP contribution is -2.71. The van der Waals surface area contributed by atoms with Crippen LogP contribution in [0, 0.1) is 0 Å². The number of ether oxygens (including phenoxy) is 15. The smallest absolute Gasteiger partial charge is 0.217 e. The molecule has 0 aromatic rings. The fourth-order valence-corrected chi connectivity index (χ4v) is 12.1. The zero-order chi connectivity index (χ0) is 68.5. The summed E-state index contributed by atoms with van der Waals surface area (Å²) in [6, 6.07) is -3.82. The maximum absolute atomic E-state index is 13.3. The maximum Gasteiger partial charge on any atom is 0.217 e. The number of nitrogens with one attached hydrogen (secondary N) is 2. The maximum atomic E-state index is 13.3. The van der Waals surface area contributed by atoms with Crippen LogP contribution in [0.1, 0.15) is 27.7 Å². The fourth-order valence-electron chi connectivity index (χ4n) is 12.1. The minimum Gasteiger partial charge on any atom is -0.394 e. The number of carbonyl (C=O) groups excluding carboxylic acids is 2. The molecule has 0 saturated carbocycles. The second-order valence-electron chi connectivity index (χ2n) is 23.9. The summed E-state index contributed by atoms with van der Waals surface area (Å²) >= 11 is 0. The Kier molecular flexibility index (Phi) is 26.7. The SMILES string of the molecule is CC(=O)NC1[C@H](OC2[C@@H](O)[C@H](OC3[C@@H](O)[C@@H](O)[C@H](O)O[C@@H]3CO)O[C@H](COC3O[C@H](CO)[C@@H](OC4O[C@H](CO)[C@H](O)[C@H](O)[C@H]4O)[C@H](O[C@@H]4O[C@@H](C)[C@@H](O)[C@@H](O)[C@@H]4O)[C@H]3NC(C)=O)[C@@H]2O)O[C@H](CO)[C@@H](OC2O[C@@H](C)[C@@H](O)[C@@H](O)[C@H]2O)[C@@H]1OC1O[C@H](CO)[C@H](O)[C@H](O)[C@H]1O. The highest BCUT2D eigenvalue weighted by Crippen LogP contribution is 2.39. The summed E-state index contributed by atoms with van der Waals surface area (Å²) in [6.07, 6.45) is -75.1. The standard InChI is InChI=1S/C52H88N2O39/c1-11-23(62)28(67)34(73)48(80-11)89-41-19(9-59)86-47(22(54-14(4)61)43(41)92-51-37(76)31(70)26(65)16(6-56)84-51)93-44-27(66)20(87-52(38(44)77)88-39-17(7-57)82-45(78)33(72)32(39)71)10-79-46-21(53-13(3)60)42(91-49-35(74)29(68)24(63)12(2)81-49)40(18(8-58)85-46)90-50-36(75)30(69)25(64)15(5-55)83-50/h11-12,15-52,55-59,62-78H,5-10H2,1-4H3,(H,53,60)(H,54,61)/t11-,12-,15+,16+,17+,18+,19+,20+,21+,22?,23+,24+,25-,26-,27-,28+,29+,30-,31-,32-,33+,34+,35-,36+,37+,38+,39?,40+,41+,42+,43+,44?,45+,46?,47-,48?,49-,50?,51?,52-/m0/s1. The summed E-state index contributed by atoms with van der Waals surface area (Å²) in [5, 5.41) is 244. The summed E-state index contributed by atoms with van der Waals surface area (Å²) in [7, 11) is 0. The average Bonchev–Trinajstić information content (AvgIpc) is 0.770. The van der Waals surface area contributed by atoms with Crippen LogP contribution in [0.4, 0.5) is 0 Å². The second kappa shape index (κ2) is 32.6. The molecule has 0 aliphatic carbocycles. The molecule has 2 amide bonds. The van der Waals surface area contributed by atoms with Crippen LogP contribution < -0.4 is 10.6 Å². The molecule has 0 aromatic heterocycles. The number of aliphatic hydroxyl groups is 22. The molecule has 0 bridgehead atoms. The number of carbonyl (C=O) groups is 2. The van der Waals surface area contributed by atoms with Crippen molar-refractivity contribution in [3.8, 4) is 0 Å². The number of hydrogen-bond acceptors (Lipinski definition) is 39. The lowest BCUT2D eigenvalue weighted by Gasteiger charge is -2.52. The zero-order valence-electron chi connectivity index (χ0n) is 50.1. The second-order valence-corrected chi connectivity index (χ2v) is 23.9. The van der Waals surface area contributed by atoms with Gasteiger partial charge >= 0.3 is 0 Å². The van der Waals surface area contributed by atoms with Crippen molar-refractivity contribution < 1.29 is 193 Å². The third-order valence-corrected chi connectivity index (χ3v) is 17.4. The number of hydrogen-bond donors (Lipinski definition) is 24. The minimum atomic E-state index is -2.42. The van der Waals surface area contributed by atoms with E-state index in [1.54, 1.807) is 0 Å². The summed E-state index contributed by atoms with van der Waals surface area (Å²) < 4.78 is 89.1. The van der Waals surface area contributed by atoms with Crippen molar-refractivity contribution in [3.63, 3.8) is 0 Å². The third-order valence-electron chi connectivity index (χ3n) is 17.4. The van der Waals surface area contributed by atoms with Crippen molar-refractivity contribution in [2.45, 2.75) is 273 Å². The molecule has 24 N–H and O–H groups in total. The van der Waals surface area contributed by atoms with Gasteiger partial charge in [0.05, 0.1) is 51.8 Å². The molecule has 8 saturated heterocycles. The molecule has 8 fully saturated rings. The monoisotopic (exact) mass is 1360 g/mol. The quantitative estimate of drug-likeness (QED) is 0.0479. The van der Waals surface area contributed by atoms with Gasteiger partial charge < -0.3 is 194 Å². The van der Waals surface area contributed by atoms with Gasteiger partial charge in [0.1, 0.15) is 183 Å². The van der Waals surface area contributed by atoms with Crippen molar-refractivity contribution in [1.29, 1.82) is 0 Å². The summed E-state index contributed by atoms with van der Waals surface area (Å²) in [5.74, 6) is -1.88. The summed E-state index contributed by atoms with van der Waals surface area (Å²) in [6.45, 7) is -1.88. The minimum absolute atomic E-state index is 0.913. The molecule has 41 heteroatoms. The van der Waals surface area contributed by atoms with E-state index in [1.165, 1.54) is 13.8 Å². The largest absolute Gasteiger partial charge is 0.394 e. The normalized spacial score (nSPS) is 51.6. The highest BCUT2D eigenvalue weighted by molar-refractivity contribution is 5.73. The molecule has 0 aromatic carbocycles. The Morgan fingerprint density at radius 2 is 0.624 bits per heavy atom. The first-order chi connectivity index (χ1) is 43.9. The first-order valence-electron chi connectivity index (χ1n) is 29.9. The predicted octanol–water partition coefficient (Wildman–Crippen LogP) is -16.1. The molecule has 8 rings (SSSR count). The van der Waals surface area contributed by atoms with E-state index in [0.29, 0.717) is 0 Å². The van der Waals surface area contributed by atoms with E-state index in [1.807, 2.05) is 0 Å². The summed E-state index contributed by atoms with van der Waals surface area (Å²) in [5.41, 5.74) is 0. The molecule has 0 radical (unpaired) electrons. The van der Waals surface area contributed by atoms with Gasteiger partial charge in [0, 0.05) is 13.8 Å². The number of aliphatic hydroxyl groups excluding tert-OH is 22. The van der Waals surface area contributed by atoms with Crippen LogP contribution in [-0.2, 0) is 80.6 Å². The highest BCUT2D eigenvalue weighted by Gasteiger charge is 2.60. The Morgan fingerprint density at radius 1 is 0.301 bits per heavy atom. The first-order valence-corrected chi connectivity index (χ1v) is 29.9. The molecule has 7 unspecified atom stereocenters. The van der Waals surface area contributed by atoms with Crippen LogP contribution in [0.3, 0.4) is 0 Å². The van der Waals surface area contributed by atoms with Crippen LogP contribution >= 0.6 is 0 Å². The van der Waals surface area contributed by atoms with Gasteiger partial charge in [0.15, 0.2) is 50.3 Å². The highest BCUT2D eigenvalue weighted by atomic mass is 16.8. The Morgan fingerprint density at radius 3 is 1.04 bits per heavy atom. The molecular formula is C52H88N2O39. The van der Waals surface area contributed by atoms with Gasteiger partial charge in [0.2, 0.25) is 11.8 Å². The van der Waals surface area contributed by atoms with E-state index in [-0.39, 0.29) is 0 Å². The van der Waals surface area contributed by atoms with E-state index in [2.05, 4.69) is 10.6 Å². The first kappa shape index (κ1) is 76.2. The summed E-state index contributed by atoms with van der Waals surface area (Å²) in [4.78, 5) is 26.5. The van der Waals surface area contributed by atoms with Crippen LogP contribution in [0.2, 0.25) is 0 Å². The number of amides is 2. The molecule has 0 spiro atoms. The van der Waals surface area contributed by atoms with Crippen molar-refractivity contribution in [3.05, 3.63) is 0 Å². The molecule has 540 valence electrons. The van der Waals surface area contributed by atoms with Gasteiger partial charge in [0.25, 0.3) is 0 Å². The van der Waals surface area contributed by atoms with E-state index in [4.69, 9.17) is 71.1 Å². The van der Waals surface area contributed by atoms with Gasteiger partial charge in [-0.1, -0.05) is 0 Å². The third kappa shape index (κ3) is 16.4. The van der Waals surface area contributed by atoms with Crippen LogP contribution in [0.25, 0.3) is 0 Å². The Balaban J connectivity index is 1.17. The van der Waals surface area contributed by atoms with Gasteiger partial charge in [-0.2, -0.15) is 0 Å². The van der Waals surface area contributed by atoms with E-state index >= 15 is 0 Å². The van der Waals surface area contributed by atoms with Crippen molar-refractivity contribution >= 4 is 11.8 Å². The average molecular weight is 1370 g/mol. The van der Waals surface area contributed by atoms with Crippen LogP contribution in [-0.4, -0.2) is 409 Å². The van der Waals surface area contributed by atoms with E-state index in [9.17, 15) is 122 Å². The molecule has 40 atom stereocenters. The predicted molar refractivity (Wildman–Crippen MR) is 285 cm³/mol. The van der Waals surface area contributed by atoms with E-state index in [0.717, 1.165) is 13.8 Å². The fraction of sp³-hybridized carbons (Fsp3) is 0.962. The van der Waals surface area contributed by atoms with Gasteiger partial charge in [-0.3, -0.25) is 9.59 Å². The lowest BCUT2D eigenvalue weighted by molar-refractivity contribution is -0.394. The molecule has 8 aliphatic heterocycles. The topological polar surface area (TPSA) is 642 Å². The van der Waals surface area contributed by atoms with Crippen molar-refractivity contribution in [2.24, 2.45) is 0 Å². The molecule has 8 aliphatic rings. The number of rotatable bonds is 22. The van der Waals surface area contributed by atoms with Crippen LogP contribution in [0.5, 0.6) is 0 Å². The van der Waals surface area contributed by atoms with Gasteiger partial charge in [-0.25, -0.2) is 0 Å². The zero-order valence-corrected chi connectivity index (χ0v) is 50.1.